The number of rotatable bonds is 11. The molecule has 1 aliphatic rings. The van der Waals surface area contributed by atoms with E-state index in [9.17, 15) is 19.5 Å². The largest absolute Gasteiger partial charge is 0.480 e. The van der Waals surface area contributed by atoms with E-state index in [2.05, 4.69) is 5.32 Å². The molecule has 1 saturated heterocycles. The summed E-state index contributed by atoms with van der Waals surface area (Å²) in [5, 5.41) is 14.7. The highest BCUT2D eigenvalue weighted by molar-refractivity contribution is 7.99. The molecule has 0 unspecified atom stereocenters. The van der Waals surface area contributed by atoms with Crippen LogP contribution in [0, 0.1) is 0 Å². The van der Waals surface area contributed by atoms with Gasteiger partial charge in [0, 0.05) is 16.4 Å². The van der Waals surface area contributed by atoms with Crippen molar-refractivity contribution in [3.8, 4) is 0 Å². The zero-order valence-electron chi connectivity index (χ0n) is 20.3. The van der Waals surface area contributed by atoms with Gasteiger partial charge in [0.2, 0.25) is 5.91 Å². The number of amides is 1. The maximum Gasteiger partial charge on any atom is 0.323 e. The van der Waals surface area contributed by atoms with E-state index >= 15 is 0 Å². The van der Waals surface area contributed by atoms with E-state index in [4.69, 9.17) is 4.74 Å². The number of nitrogens with zero attached hydrogens (tertiary/aromatic N) is 1. The number of carboxylic acid groups (broad SMARTS) is 1. The van der Waals surface area contributed by atoms with Crippen LogP contribution in [-0.2, 0) is 32.1 Å². The number of esters is 1. The molecule has 37 heavy (non-hydrogen) atoms. The summed E-state index contributed by atoms with van der Waals surface area (Å²) in [5.74, 6) is -0.786. The molecular weight excluding hydrogens is 508 g/mol. The SMILES string of the molecule is O=C(O)CN1C(=O)[C@@H](N[C@@H](CCc2ccccc2)C(=O)OCc2ccccc2)CSC[C@H]1c1cccs1. The van der Waals surface area contributed by atoms with Crippen molar-refractivity contribution in [2.75, 3.05) is 18.1 Å². The average Bonchev–Trinajstić information content (AvgIpc) is 3.40. The van der Waals surface area contributed by atoms with Crippen molar-refractivity contribution in [1.82, 2.24) is 10.2 Å². The zero-order valence-corrected chi connectivity index (χ0v) is 22.0. The smallest absolute Gasteiger partial charge is 0.323 e. The van der Waals surface area contributed by atoms with E-state index in [1.54, 1.807) is 11.8 Å². The van der Waals surface area contributed by atoms with Crippen LogP contribution in [0.4, 0.5) is 0 Å². The Bertz CT molecular complexity index is 1160. The number of ether oxygens (including phenoxy) is 1. The van der Waals surface area contributed by atoms with Crippen molar-refractivity contribution in [2.45, 2.75) is 37.6 Å². The van der Waals surface area contributed by atoms with Crippen LogP contribution in [-0.4, -0.2) is 58.0 Å². The molecule has 0 radical (unpaired) electrons. The lowest BCUT2D eigenvalue weighted by molar-refractivity contribution is -0.150. The Morgan fingerprint density at radius 3 is 2.35 bits per heavy atom. The second kappa shape index (κ2) is 13.4. The molecule has 1 fully saturated rings. The number of thioether (sulfide) groups is 1. The molecule has 194 valence electrons. The van der Waals surface area contributed by atoms with Gasteiger partial charge in [-0.15, -0.1) is 11.3 Å². The molecule has 2 N–H and O–H groups in total. The molecule has 0 saturated carbocycles. The lowest BCUT2D eigenvalue weighted by Crippen LogP contribution is -2.54. The normalized spacial score (nSPS) is 18.7. The molecule has 1 amide bonds. The maximum absolute atomic E-state index is 13.6. The monoisotopic (exact) mass is 538 g/mol. The molecule has 7 nitrogen and oxygen atoms in total. The molecule has 0 spiro atoms. The van der Waals surface area contributed by atoms with Crippen molar-refractivity contribution in [3.63, 3.8) is 0 Å². The van der Waals surface area contributed by atoms with E-state index in [1.807, 2.05) is 78.2 Å². The van der Waals surface area contributed by atoms with Gasteiger partial charge in [-0.25, -0.2) is 0 Å². The molecule has 9 heteroatoms. The van der Waals surface area contributed by atoms with Crippen LogP contribution in [0.25, 0.3) is 0 Å². The summed E-state index contributed by atoms with van der Waals surface area (Å²) in [6.45, 7) is -0.255. The molecule has 0 bridgehead atoms. The van der Waals surface area contributed by atoms with Crippen LogP contribution in [0.15, 0.2) is 78.2 Å². The molecule has 0 aliphatic carbocycles. The number of nitrogens with one attached hydrogen (secondary N) is 1. The van der Waals surface area contributed by atoms with Crippen molar-refractivity contribution >= 4 is 40.9 Å². The predicted octanol–water partition coefficient (Wildman–Crippen LogP) is 4.15. The van der Waals surface area contributed by atoms with Gasteiger partial charge in [-0.2, -0.15) is 11.8 Å². The number of thiophene rings is 1. The summed E-state index contributed by atoms with van der Waals surface area (Å²) in [6, 6.07) is 21.4. The molecule has 4 rings (SSSR count). The number of benzene rings is 2. The Morgan fingerprint density at radius 2 is 1.70 bits per heavy atom. The summed E-state index contributed by atoms with van der Waals surface area (Å²) in [7, 11) is 0. The van der Waals surface area contributed by atoms with Crippen LogP contribution >= 0.6 is 23.1 Å². The number of hydrogen-bond donors (Lipinski definition) is 2. The van der Waals surface area contributed by atoms with E-state index in [0.29, 0.717) is 24.3 Å². The van der Waals surface area contributed by atoms with Crippen molar-refractivity contribution in [1.29, 1.82) is 0 Å². The van der Waals surface area contributed by atoms with E-state index in [1.165, 1.54) is 16.2 Å². The highest BCUT2D eigenvalue weighted by Crippen LogP contribution is 2.32. The first kappa shape index (κ1) is 26.9. The topological polar surface area (TPSA) is 95.9 Å². The lowest BCUT2D eigenvalue weighted by Gasteiger charge is -2.30. The number of aliphatic carboxylic acids is 1. The quantitative estimate of drug-likeness (QED) is 0.354. The predicted molar refractivity (Wildman–Crippen MR) is 145 cm³/mol. The zero-order chi connectivity index (χ0) is 26.0. The summed E-state index contributed by atoms with van der Waals surface area (Å²) < 4.78 is 5.63. The molecule has 1 aromatic heterocycles. The Hall–Kier alpha value is -3.14. The fourth-order valence-corrected chi connectivity index (χ4v) is 6.42. The van der Waals surface area contributed by atoms with Gasteiger partial charge in [0.15, 0.2) is 0 Å². The Labute approximate surface area is 224 Å². The van der Waals surface area contributed by atoms with Crippen LogP contribution in [0.3, 0.4) is 0 Å². The first-order valence-electron chi connectivity index (χ1n) is 12.1. The number of carbonyl (C=O) groups excluding carboxylic acids is 2. The number of carboxylic acids is 1. The highest BCUT2D eigenvalue weighted by atomic mass is 32.2. The third-order valence-electron chi connectivity index (χ3n) is 6.17. The Kier molecular flexibility index (Phi) is 9.76. The first-order valence-corrected chi connectivity index (χ1v) is 14.2. The number of carbonyl (C=O) groups is 3. The van der Waals surface area contributed by atoms with Gasteiger partial charge in [0.05, 0.1) is 12.1 Å². The Morgan fingerprint density at radius 1 is 1.00 bits per heavy atom. The third-order valence-corrected chi connectivity index (χ3v) is 8.26. The second-order valence-corrected chi connectivity index (χ2v) is 10.9. The average molecular weight is 539 g/mol. The van der Waals surface area contributed by atoms with Gasteiger partial charge in [-0.3, -0.25) is 19.7 Å². The second-order valence-electron chi connectivity index (χ2n) is 8.82. The van der Waals surface area contributed by atoms with Crippen LogP contribution in [0.1, 0.15) is 28.5 Å². The lowest BCUT2D eigenvalue weighted by atomic mass is 10.0. The fourth-order valence-electron chi connectivity index (χ4n) is 4.28. The highest BCUT2D eigenvalue weighted by Gasteiger charge is 2.37. The van der Waals surface area contributed by atoms with Crippen LogP contribution < -0.4 is 5.32 Å². The third kappa shape index (κ3) is 7.67. The number of aryl methyl sites for hydroxylation is 1. The van der Waals surface area contributed by atoms with Gasteiger partial charge < -0.3 is 14.7 Å². The van der Waals surface area contributed by atoms with Crippen LogP contribution in [0.2, 0.25) is 0 Å². The minimum absolute atomic E-state index is 0.141. The molecule has 2 heterocycles. The van der Waals surface area contributed by atoms with Gasteiger partial charge in [-0.1, -0.05) is 66.7 Å². The van der Waals surface area contributed by atoms with Gasteiger partial charge in [0.1, 0.15) is 19.2 Å². The minimum Gasteiger partial charge on any atom is -0.480 e. The number of hydrogen-bond acceptors (Lipinski definition) is 7. The van der Waals surface area contributed by atoms with Crippen molar-refractivity contribution < 1.29 is 24.2 Å². The van der Waals surface area contributed by atoms with Crippen molar-refractivity contribution in [3.05, 3.63) is 94.2 Å². The van der Waals surface area contributed by atoms with Gasteiger partial charge in [0.25, 0.3) is 0 Å². The van der Waals surface area contributed by atoms with E-state index in [0.717, 1.165) is 16.0 Å². The first-order chi connectivity index (χ1) is 18.0. The van der Waals surface area contributed by atoms with Gasteiger partial charge >= 0.3 is 11.9 Å². The molecule has 3 aromatic rings. The standard InChI is InChI=1S/C28H30N2O5S2/c31-26(32)16-30-24(25-12-7-15-37-25)19-36-18-23(27(30)33)29-22(14-13-20-8-3-1-4-9-20)28(34)35-17-21-10-5-2-6-11-21/h1-12,15,22-24,29H,13-14,16-19H2,(H,31,32)/t22-,23-,24-/m0/s1. The van der Waals surface area contributed by atoms with Crippen molar-refractivity contribution in [2.24, 2.45) is 0 Å². The van der Waals surface area contributed by atoms with Crippen LogP contribution in [0.5, 0.6) is 0 Å². The molecule has 2 aromatic carbocycles. The van der Waals surface area contributed by atoms with E-state index < -0.39 is 30.6 Å². The summed E-state index contributed by atoms with van der Waals surface area (Å²) >= 11 is 3.09. The maximum atomic E-state index is 13.6. The molecule has 3 atom stereocenters. The van der Waals surface area contributed by atoms with E-state index in [-0.39, 0.29) is 18.6 Å². The Balaban J connectivity index is 1.50. The minimum atomic E-state index is -1.07. The summed E-state index contributed by atoms with van der Waals surface area (Å²) in [6.07, 6.45) is 1.07. The molecular formula is C28H30N2O5S2. The summed E-state index contributed by atoms with van der Waals surface area (Å²) in [5.41, 5.74) is 1.96. The molecule has 1 aliphatic heterocycles. The van der Waals surface area contributed by atoms with Gasteiger partial charge in [-0.05, 0) is 35.4 Å². The summed E-state index contributed by atoms with van der Waals surface area (Å²) in [4.78, 5) is 40.9. The fraction of sp³-hybridized carbons (Fsp3) is 0.321.